The minimum atomic E-state index is -3.67. The molecule has 9 nitrogen and oxygen atoms in total. The number of hydrogen-bond donors (Lipinski definition) is 1. The van der Waals surface area contributed by atoms with E-state index in [1.54, 1.807) is 35.2 Å². The van der Waals surface area contributed by atoms with Crippen molar-refractivity contribution in [1.82, 2.24) is 10.2 Å². The summed E-state index contributed by atoms with van der Waals surface area (Å²) >= 11 is 6.12. The summed E-state index contributed by atoms with van der Waals surface area (Å²) in [4.78, 5) is 29.3. The third-order valence-electron chi connectivity index (χ3n) is 7.50. The van der Waals surface area contributed by atoms with Crippen LogP contribution in [0.25, 0.3) is 0 Å². The number of halogens is 1. The minimum Gasteiger partial charge on any atom is -0.486 e. The van der Waals surface area contributed by atoms with Crippen LogP contribution in [0.3, 0.4) is 0 Å². The fraction of sp³-hybridized carbons (Fsp3) is 0.394. The van der Waals surface area contributed by atoms with Gasteiger partial charge in [0.1, 0.15) is 19.3 Å². The second-order valence-corrected chi connectivity index (χ2v) is 13.3. The number of carbonyl (C=O) groups excluding carboxylic acids is 2. The van der Waals surface area contributed by atoms with Crippen LogP contribution in [0.2, 0.25) is 5.02 Å². The number of anilines is 1. The first kappa shape index (κ1) is 33.1. The Morgan fingerprint density at radius 3 is 2.30 bits per heavy atom. The fourth-order valence-electron chi connectivity index (χ4n) is 4.97. The van der Waals surface area contributed by atoms with Crippen LogP contribution in [-0.2, 0) is 32.6 Å². The normalized spacial score (nSPS) is 13.9. The van der Waals surface area contributed by atoms with Gasteiger partial charge < -0.3 is 19.7 Å². The van der Waals surface area contributed by atoms with Crippen molar-refractivity contribution in [2.45, 2.75) is 58.2 Å². The number of ether oxygens (including phenoxy) is 2. The average Bonchev–Trinajstić information content (AvgIpc) is 3.01. The number of amides is 2. The highest BCUT2D eigenvalue weighted by Crippen LogP contribution is 2.35. The Bertz CT molecular complexity index is 1520. The number of nitrogens with one attached hydrogen (secondary N) is 1. The van der Waals surface area contributed by atoms with Crippen molar-refractivity contribution in [3.8, 4) is 11.5 Å². The molecule has 0 aliphatic carbocycles. The van der Waals surface area contributed by atoms with E-state index in [9.17, 15) is 18.0 Å². The molecule has 3 aromatic rings. The molecule has 0 unspecified atom stereocenters. The van der Waals surface area contributed by atoms with Crippen LogP contribution in [0, 0.1) is 0 Å². The Morgan fingerprint density at radius 2 is 1.64 bits per heavy atom. The zero-order valence-electron chi connectivity index (χ0n) is 25.4. The summed E-state index contributed by atoms with van der Waals surface area (Å²) in [5, 5.41) is 3.63. The summed E-state index contributed by atoms with van der Waals surface area (Å²) < 4.78 is 38.1. The van der Waals surface area contributed by atoms with Crippen LogP contribution in [-0.4, -0.2) is 63.2 Å². The number of nitrogens with zero attached hydrogens (tertiary/aromatic N) is 2. The van der Waals surface area contributed by atoms with Gasteiger partial charge in [-0.15, -0.1) is 0 Å². The molecule has 0 spiro atoms. The lowest BCUT2D eigenvalue weighted by Gasteiger charge is -2.33. The summed E-state index contributed by atoms with van der Waals surface area (Å²) in [6, 6.07) is 20.9. The molecule has 1 heterocycles. The summed E-state index contributed by atoms with van der Waals surface area (Å²) in [6.07, 6.45) is 2.48. The second-order valence-electron chi connectivity index (χ2n) is 10.9. The van der Waals surface area contributed by atoms with Crippen LogP contribution in [0.15, 0.2) is 72.8 Å². The lowest BCUT2D eigenvalue weighted by Crippen LogP contribution is -2.52. The quantitative estimate of drug-likeness (QED) is 0.259. The third kappa shape index (κ3) is 9.12. The van der Waals surface area contributed by atoms with Gasteiger partial charge in [0.05, 0.1) is 11.9 Å². The highest BCUT2D eigenvalue weighted by Gasteiger charge is 2.31. The molecule has 1 N–H and O–H groups in total. The van der Waals surface area contributed by atoms with Gasteiger partial charge in [-0.1, -0.05) is 61.0 Å². The molecule has 3 aromatic carbocycles. The van der Waals surface area contributed by atoms with E-state index in [-0.39, 0.29) is 43.8 Å². The summed E-state index contributed by atoms with van der Waals surface area (Å²) in [6.45, 7) is 4.99. The third-order valence-corrected chi connectivity index (χ3v) is 8.95. The first-order chi connectivity index (χ1) is 21.0. The van der Waals surface area contributed by atoms with Crippen LogP contribution in [0.5, 0.6) is 11.5 Å². The van der Waals surface area contributed by atoms with E-state index >= 15 is 0 Å². The highest BCUT2D eigenvalue weighted by atomic mass is 35.5. The second kappa shape index (κ2) is 15.3. The lowest BCUT2D eigenvalue weighted by molar-refractivity contribution is -0.141. The lowest BCUT2D eigenvalue weighted by atomic mass is 10.0. The standard InChI is InChI=1S/C33H40ClN3O6S/c1-4-24(2)35-33(39)29(21-25-9-6-5-7-10-25)36(23-26-12-14-27(34)15-13-26)32(38)11-8-18-37(44(3,40)41)28-16-17-30-31(22-28)43-20-19-42-30/h5-7,9-10,12-17,22,24,29H,4,8,11,18-21,23H2,1-3H3,(H,35,39)/t24-,29-/m0/s1. The molecule has 236 valence electrons. The molecule has 2 amide bonds. The molecular formula is C33H40ClN3O6S. The first-order valence-corrected chi connectivity index (χ1v) is 17.0. The number of sulfonamides is 1. The van der Waals surface area contributed by atoms with Gasteiger partial charge in [0.15, 0.2) is 11.5 Å². The van der Waals surface area contributed by atoms with Gasteiger partial charge >= 0.3 is 0 Å². The molecule has 0 radical (unpaired) electrons. The van der Waals surface area contributed by atoms with E-state index in [1.807, 2.05) is 56.3 Å². The smallest absolute Gasteiger partial charge is 0.243 e. The molecule has 1 aliphatic heterocycles. The first-order valence-electron chi connectivity index (χ1n) is 14.8. The van der Waals surface area contributed by atoms with Gasteiger partial charge in [0.2, 0.25) is 21.8 Å². The largest absolute Gasteiger partial charge is 0.486 e. The predicted molar refractivity (Wildman–Crippen MR) is 173 cm³/mol. The molecule has 0 fully saturated rings. The average molecular weight is 642 g/mol. The molecule has 1 aliphatic rings. The van der Waals surface area contributed by atoms with E-state index in [1.165, 1.54) is 4.31 Å². The number of benzene rings is 3. The molecule has 0 aromatic heterocycles. The molecule has 0 saturated carbocycles. The Morgan fingerprint density at radius 1 is 0.955 bits per heavy atom. The Hall–Kier alpha value is -3.76. The van der Waals surface area contributed by atoms with Crippen molar-refractivity contribution in [3.05, 3.63) is 88.9 Å². The molecule has 4 rings (SSSR count). The zero-order chi connectivity index (χ0) is 31.7. The number of carbonyl (C=O) groups is 2. The maximum Gasteiger partial charge on any atom is 0.243 e. The maximum absolute atomic E-state index is 14.0. The minimum absolute atomic E-state index is 0.0338. The fourth-order valence-corrected chi connectivity index (χ4v) is 6.06. The summed E-state index contributed by atoms with van der Waals surface area (Å²) in [5.74, 6) is 0.542. The van der Waals surface area contributed by atoms with Crippen LogP contribution >= 0.6 is 11.6 Å². The molecule has 0 bridgehead atoms. The molecule has 0 saturated heterocycles. The Kier molecular flexibility index (Phi) is 11.5. The topological polar surface area (TPSA) is 105 Å². The van der Waals surface area contributed by atoms with Crippen LogP contribution in [0.1, 0.15) is 44.2 Å². The number of hydrogen-bond acceptors (Lipinski definition) is 6. The van der Waals surface area contributed by atoms with Crippen molar-refractivity contribution in [2.24, 2.45) is 0 Å². The highest BCUT2D eigenvalue weighted by molar-refractivity contribution is 7.92. The Labute approximate surface area is 265 Å². The molecule has 11 heteroatoms. The van der Waals surface area contributed by atoms with Crippen molar-refractivity contribution >= 4 is 39.1 Å². The maximum atomic E-state index is 14.0. The number of rotatable bonds is 14. The van der Waals surface area contributed by atoms with E-state index in [0.717, 1.165) is 23.8 Å². The van der Waals surface area contributed by atoms with Crippen molar-refractivity contribution in [3.63, 3.8) is 0 Å². The summed E-state index contributed by atoms with van der Waals surface area (Å²) in [7, 11) is -3.67. The SMILES string of the molecule is CC[C@H](C)NC(=O)[C@H](Cc1ccccc1)N(Cc1ccc(Cl)cc1)C(=O)CCCN(c1ccc2c(c1)OCCO2)S(C)(=O)=O. The molecular weight excluding hydrogens is 602 g/mol. The van der Waals surface area contributed by atoms with Gasteiger partial charge in [-0.25, -0.2) is 8.42 Å². The summed E-state index contributed by atoms with van der Waals surface area (Å²) in [5.41, 5.74) is 2.18. The number of fused-ring (bicyclic) bond motifs is 1. The van der Waals surface area contributed by atoms with Crippen molar-refractivity contribution in [2.75, 3.05) is 30.3 Å². The van der Waals surface area contributed by atoms with Gasteiger partial charge in [0, 0.05) is 43.1 Å². The van der Waals surface area contributed by atoms with Crippen molar-refractivity contribution in [1.29, 1.82) is 0 Å². The van der Waals surface area contributed by atoms with E-state index in [0.29, 0.717) is 41.8 Å². The van der Waals surface area contributed by atoms with Gasteiger partial charge in [-0.3, -0.25) is 13.9 Å². The van der Waals surface area contributed by atoms with E-state index in [2.05, 4.69) is 5.32 Å². The van der Waals surface area contributed by atoms with Gasteiger partial charge in [-0.2, -0.15) is 0 Å². The Balaban J connectivity index is 1.58. The molecule has 44 heavy (non-hydrogen) atoms. The van der Waals surface area contributed by atoms with Crippen LogP contribution in [0.4, 0.5) is 5.69 Å². The van der Waals surface area contributed by atoms with E-state index in [4.69, 9.17) is 21.1 Å². The van der Waals surface area contributed by atoms with E-state index < -0.39 is 16.1 Å². The predicted octanol–water partition coefficient (Wildman–Crippen LogP) is 5.21. The zero-order valence-corrected chi connectivity index (χ0v) is 26.9. The van der Waals surface area contributed by atoms with Gasteiger partial charge in [0.25, 0.3) is 0 Å². The monoisotopic (exact) mass is 641 g/mol. The van der Waals surface area contributed by atoms with Crippen molar-refractivity contribution < 1.29 is 27.5 Å². The molecule has 2 atom stereocenters. The van der Waals surface area contributed by atoms with Crippen LogP contribution < -0.4 is 19.1 Å². The van der Waals surface area contributed by atoms with Gasteiger partial charge in [-0.05, 0) is 55.2 Å².